The minimum Gasteiger partial charge on any atom is -0.506 e. The SMILES string of the molecule is OCC1CSCCN(Cc2ccc3cccc(O)c3n2)CCSCCN(Cc2ccc3cccc(O)c3n2)CCS1. The number of phenols is 2. The molecule has 0 radical (unpaired) electrons. The normalized spacial score (nSPS) is 19.2. The van der Waals surface area contributed by atoms with E-state index in [0.29, 0.717) is 11.0 Å². The molecule has 1 atom stereocenters. The first kappa shape index (κ1) is 30.3. The molecule has 0 aliphatic carbocycles. The maximum atomic E-state index is 10.3. The van der Waals surface area contributed by atoms with Crippen molar-refractivity contribution in [2.24, 2.45) is 0 Å². The Balaban J connectivity index is 1.23. The molecular formula is C31H38N4O3S3. The van der Waals surface area contributed by atoms with Gasteiger partial charge in [0.1, 0.15) is 22.5 Å². The average molecular weight is 611 g/mol. The van der Waals surface area contributed by atoms with Crippen molar-refractivity contribution >= 4 is 57.1 Å². The molecule has 1 unspecified atom stereocenters. The molecule has 0 bridgehead atoms. The summed E-state index contributed by atoms with van der Waals surface area (Å²) in [6, 6.07) is 19.2. The molecule has 0 spiro atoms. The average Bonchev–Trinajstić information content (AvgIpc) is 2.99. The molecule has 1 fully saturated rings. The van der Waals surface area contributed by atoms with Gasteiger partial charge in [-0.3, -0.25) is 9.80 Å². The molecule has 3 N–H and O–H groups in total. The molecule has 0 amide bonds. The van der Waals surface area contributed by atoms with Gasteiger partial charge in [0.2, 0.25) is 0 Å². The van der Waals surface area contributed by atoms with Crippen LogP contribution in [0, 0.1) is 0 Å². The fraction of sp³-hybridized carbons (Fsp3) is 0.419. The van der Waals surface area contributed by atoms with Crippen molar-refractivity contribution in [1.29, 1.82) is 0 Å². The Kier molecular flexibility index (Phi) is 11.3. The highest BCUT2D eigenvalue weighted by atomic mass is 32.2. The molecule has 0 saturated carbocycles. The third-order valence-electron chi connectivity index (χ3n) is 7.21. The van der Waals surface area contributed by atoms with Crippen LogP contribution in [0.25, 0.3) is 21.8 Å². The number of para-hydroxylation sites is 2. The summed E-state index contributed by atoms with van der Waals surface area (Å²) in [5, 5.41) is 32.7. The van der Waals surface area contributed by atoms with E-state index < -0.39 is 0 Å². The first-order valence-electron chi connectivity index (χ1n) is 14.1. The van der Waals surface area contributed by atoms with Gasteiger partial charge in [0.15, 0.2) is 0 Å². The largest absolute Gasteiger partial charge is 0.506 e. The zero-order valence-electron chi connectivity index (χ0n) is 23.2. The van der Waals surface area contributed by atoms with Gasteiger partial charge in [-0.15, -0.1) is 0 Å². The number of fused-ring (bicyclic) bond motifs is 2. The van der Waals surface area contributed by atoms with Crippen LogP contribution in [0.1, 0.15) is 11.4 Å². The fourth-order valence-electron chi connectivity index (χ4n) is 4.92. The predicted octanol–water partition coefficient (Wildman–Crippen LogP) is 5.07. The number of aromatic nitrogens is 2. The zero-order chi connectivity index (χ0) is 28.4. The van der Waals surface area contributed by atoms with Crippen LogP contribution in [0.2, 0.25) is 0 Å². The lowest BCUT2D eigenvalue weighted by atomic mass is 10.2. The van der Waals surface area contributed by atoms with Gasteiger partial charge in [-0.05, 0) is 24.3 Å². The third-order valence-corrected chi connectivity index (χ3v) is 10.7. The summed E-state index contributed by atoms with van der Waals surface area (Å²) in [4.78, 5) is 14.4. The third kappa shape index (κ3) is 8.65. The van der Waals surface area contributed by atoms with Crippen LogP contribution in [0.4, 0.5) is 0 Å². The quantitative estimate of drug-likeness (QED) is 0.284. The van der Waals surface area contributed by atoms with E-state index >= 15 is 0 Å². The molecular weight excluding hydrogens is 573 g/mol. The number of rotatable bonds is 5. The number of hydrogen-bond acceptors (Lipinski definition) is 10. The van der Waals surface area contributed by atoms with Gasteiger partial charge >= 0.3 is 0 Å². The van der Waals surface area contributed by atoms with Crippen LogP contribution >= 0.6 is 35.3 Å². The summed E-state index contributed by atoms with van der Waals surface area (Å²) in [6.45, 7) is 5.48. The molecule has 3 heterocycles. The monoisotopic (exact) mass is 610 g/mol. The van der Waals surface area contributed by atoms with Gasteiger partial charge in [0.25, 0.3) is 0 Å². The molecule has 1 aliphatic heterocycles. The van der Waals surface area contributed by atoms with Crippen LogP contribution < -0.4 is 0 Å². The number of aromatic hydroxyl groups is 2. The highest BCUT2D eigenvalue weighted by molar-refractivity contribution is 8.03. The molecule has 4 aromatic rings. The number of hydrogen-bond donors (Lipinski definition) is 3. The van der Waals surface area contributed by atoms with Gasteiger partial charge in [-0.2, -0.15) is 35.3 Å². The highest BCUT2D eigenvalue weighted by Crippen LogP contribution is 2.25. The molecule has 1 saturated heterocycles. The molecule has 2 aromatic heterocycles. The van der Waals surface area contributed by atoms with Crippen LogP contribution in [-0.4, -0.2) is 102 Å². The second-order valence-electron chi connectivity index (χ2n) is 10.2. The van der Waals surface area contributed by atoms with Crippen LogP contribution in [-0.2, 0) is 13.1 Å². The van der Waals surface area contributed by atoms with E-state index in [0.717, 1.165) is 90.2 Å². The van der Waals surface area contributed by atoms with E-state index in [1.165, 1.54) is 0 Å². The van der Waals surface area contributed by atoms with Gasteiger partial charge in [-0.1, -0.05) is 36.4 Å². The topological polar surface area (TPSA) is 93.0 Å². The van der Waals surface area contributed by atoms with Gasteiger partial charge in [0, 0.05) is 84.1 Å². The second kappa shape index (κ2) is 15.3. The maximum absolute atomic E-state index is 10.3. The van der Waals surface area contributed by atoms with Gasteiger partial charge < -0.3 is 15.3 Å². The lowest BCUT2D eigenvalue weighted by Gasteiger charge is -2.23. The molecule has 1 aliphatic rings. The number of aliphatic hydroxyl groups excluding tert-OH is 1. The van der Waals surface area contributed by atoms with E-state index in [1.54, 1.807) is 12.1 Å². The van der Waals surface area contributed by atoms with Crippen LogP contribution in [0.15, 0.2) is 60.7 Å². The predicted molar refractivity (Wildman–Crippen MR) is 175 cm³/mol. The number of phenolic OH excluding ortho intramolecular Hbond substituents is 2. The summed E-state index contributed by atoms with van der Waals surface area (Å²) in [6.07, 6.45) is 0. The van der Waals surface area contributed by atoms with E-state index in [2.05, 4.69) is 21.9 Å². The van der Waals surface area contributed by atoms with E-state index in [1.807, 2.05) is 71.7 Å². The van der Waals surface area contributed by atoms with E-state index in [-0.39, 0.29) is 23.4 Å². The lowest BCUT2D eigenvalue weighted by Crippen LogP contribution is -2.30. The van der Waals surface area contributed by atoms with Crippen LogP contribution in [0.5, 0.6) is 11.5 Å². The van der Waals surface area contributed by atoms with Gasteiger partial charge in [-0.25, -0.2) is 9.97 Å². The van der Waals surface area contributed by atoms with Crippen molar-refractivity contribution in [1.82, 2.24) is 19.8 Å². The number of nitrogens with zero attached hydrogens (tertiary/aromatic N) is 4. The van der Waals surface area contributed by atoms with E-state index in [4.69, 9.17) is 9.97 Å². The smallest absolute Gasteiger partial charge is 0.141 e. The van der Waals surface area contributed by atoms with Crippen molar-refractivity contribution in [3.05, 3.63) is 72.1 Å². The van der Waals surface area contributed by atoms with Crippen molar-refractivity contribution < 1.29 is 15.3 Å². The minimum atomic E-state index is 0.188. The maximum Gasteiger partial charge on any atom is 0.141 e. The molecule has 2 aromatic carbocycles. The summed E-state index contributed by atoms with van der Waals surface area (Å²) in [5.41, 5.74) is 3.24. The second-order valence-corrected chi connectivity index (χ2v) is 14.0. The summed E-state index contributed by atoms with van der Waals surface area (Å²) >= 11 is 5.73. The molecule has 7 nitrogen and oxygen atoms in total. The first-order valence-corrected chi connectivity index (χ1v) is 17.4. The first-order chi connectivity index (χ1) is 20.1. The summed E-state index contributed by atoms with van der Waals surface area (Å²) in [5.74, 6) is 5.40. The molecule has 5 rings (SSSR count). The Bertz CT molecular complexity index is 1430. The van der Waals surface area contributed by atoms with Crippen molar-refractivity contribution in [2.45, 2.75) is 18.3 Å². The fourth-order valence-corrected chi connectivity index (χ4v) is 8.29. The zero-order valence-corrected chi connectivity index (χ0v) is 25.6. The van der Waals surface area contributed by atoms with Gasteiger partial charge in [0.05, 0.1) is 18.0 Å². The molecule has 41 heavy (non-hydrogen) atoms. The molecule has 10 heteroatoms. The Labute approximate surface area is 254 Å². The van der Waals surface area contributed by atoms with Crippen molar-refractivity contribution in [2.75, 3.05) is 61.6 Å². The number of pyridine rings is 2. The minimum absolute atomic E-state index is 0.188. The number of benzene rings is 2. The van der Waals surface area contributed by atoms with Crippen molar-refractivity contribution in [3.8, 4) is 11.5 Å². The van der Waals surface area contributed by atoms with Crippen LogP contribution in [0.3, 0.4) is 0 Å². The lowest BCUT2D eigenvalue weighted by molar-refractivity contribution is 0.293. The highest BCUT2D eigenvalue weighted by Gasteiger charge is 2.15. The Morgan fingerprint density at radius 3 is 1.71 bits per heavy atom. The molecule has 218 valence electrons. The summed E-state index contributed by atoms with van der Waals surface area (Å²) in [7, 11) is 0. The number of thioether (sulfide) groups is 3. The Morgan fingerprint density at radius 2 is 1.17 bits per heavy atom. The van der Waals surface area contributed by atoms with E-state index in [9.17, 15) is 15.3 Å². The number of aliphatic hydroxyl groups is 1. The Morgan fingerprint density at radius 1 is 0.659 bits per heavy atom. The Hall–Kier alpha value is -2.21. The van der Waals surface area contributed by atoms with Crippen molar-refractivity contribution in [3.63, 3.8) is 0 Å². The summed E-state index contributed by atoms with van der Waals surface area (Å²) < 4.78 is 0. The standard InChI is InChI=1S/C31H38N4O3S3/c36-21-27-22-40-17-13-34(19-25-9-7-23-3-1-5-28(37)30(23)32-25)11-15-39-16-12-35(14-18-41-27)20-26-10-8-24-4-2-6-29(38)31(24)33-26/h1-10,27,36-38H,11-22H2.